The van der Waals surface area contributed by atoms with E-state index in [-0.39, 0.29) is 5.91 Å². The first kappa shape index (κ1) is 9.67. The summed E-state index contributed by atoms with van der Waals surface area (Å²) >= 11 is 0. The normalized spacial score (nSPS) is 9.62. The Morgan fingerprint density at radius 2 is 2.46 bits per heavy atom. The predicted octanol–water partition coefficient (Wildman–Crippen LogP) is 0.630. The lowest BCUT2D eigenvalue weighted by molar-refractivity contribution is -0.116. The lowest BCUT2D eigenvalue weighted by atomic mass is 10.3. The van der Waals surface area contributed by atoms with E-state index in [1.165, 1.54) is 0 Å². The molecule has 0 aliphatic heterocycles. The van der Waals surface area contributed by atoms with Gasteiger partial charge in [0.25, 0.3) is 0 Å². The number of hydrogen-bond acceptors (Lipinski definition) is 3. The quantitative estimate of drug-likeness (QED) is 0.712. The molecule has 4 heteroatoms. The summed E-state index contributed by atoms with van der Waals surface area (Å²) in [6.07, 6.45) is 3.77. The number of anilines is 1. The van der Waals surface area contributed by atoms with Crippen LogP contribution in [-0.2, 0) is 4.79 Å². The van der Waals surface area contributed by atoms with Gasteiger partial charge in [-0.25, -0.2) is 0 Å². The molecule has 0 aliphatic carbocycles. The SMILES string of the molecule is CNCCC(=O)Nc1cccnc1. The maximum absolute atomic E-state index is 11.2. The van der Waals surface area contributed by atoms with E-state index in [2.05, 4.69) is 15.6 Å². The summed E-state index contributed by atoms with van der Waals surface area (Å²) in [6.45, 7) is 0.687. The number of hydrogen-bond donors (Lipinski definition) is 2. The van der Waals surface area contributed by atoms with Crippen LogP contribution in [0.25, 0.3) is 0 Å². The van der Waals surface area contributed by atoms with Gasteiger partial charge in [-0.3, -0.25) is 9.78 Å². The van der Waals surface area contributed by atoms with Gasteiger partial charge in [0, 0.05) is 19.2 Å². The zero-order chi connectivity index (χ0) is 9.52. The van der Waals surface area contributed by atoms with E-state index in [0.717, 1.165) is 5.69 Å². The summed E-state index contributed by atoms with van der Waals surface area (Å²) in [5.74, 6) is 0.00218. The highest BCUT2D eigenvalue weighted by Crippen LogP contribution is 2.02. The summed E-state index contributed by atoms with van der Waals surface area (Å²) in [7, 11) is 1.82. The molecular formula is C9H13N3O. The third kappa shape index (κ3) is 3.66. The molecule has 0 saturated carbocycles. The van der Waals surface area contributed by atoms with Crippen molar-refractivity contribution in [1.29, 1.82) is 0 Å². The van der Waals surface area contributed by atoms with Crippen molar-refractivity contribution in [3.05, 3.63) is 24.5 Å². The number of nitrogens with zero attached hydrogens (tertiary/aromatic N) is 1. The molecule has 0 atom stereocenters. The zero-order valence-corrected chi connectivity index (χ0v) is 7.58. The number of carbonyl (C=O) groups excluding carboxylic acids is 1. The monoisotopic (exact) mass is 179 g/mol. The van der Waals surface area contributed by atoms with Gasteiger partial charge < -0.3 is 10.6 Å². The molecule has 0 radical (unpaired) electrons. The molecular weight excluding hydrogens is 166 g/mol. The average molecular weight is 179 g/mol. The van der Waals surface area contributed by atoms with Crippen LogP contribution in [0.4, 0.5) is 5.69 Å². The Bertz CT molecular complexity index is 261. The van der Waals surface area contributed by atoms with Crippen molar-refractivity contribution in [1.82, 2.24) is 10.3 Å². The fraction of sp³-hybridized carbons (Fsp3) is 0.333. The van der Waals surface area contributed by atoms with E-state index < -0.39 is 0 Å². The van der Waals surface area contributed by atoms with Gasteiger partial charge in [-0.1, -0.05) is 0 Å². The summed E-state index contributed by atoms with van der Waals surface area (Å²) < 4.78 is 0. The number of aromatic nitrogens is 1. The first-order valence-corrected chi connectivity index (χ1v) is 4.17. The van der Waals surface area contributed by atoms with E-state index in [9.17, 15) is 4.79 Å². The van der Waals surface area contributed by atoms with Crippen LogP contribution in [0.15, 0.2) is 24.5 Å². The zero-order valence-electron chi connectivity index (χ0n) is 7.58. The first-order chi connectivity index (χ1) is 6.33. The molecule has 0 spiro atoms. The molecule has 1 aromatic rings. The van der Waals surface area contributed by atoms with Gasteiger partial charge in [0.2, 0.25) is 5.91 Å². The Labute approximate surface area is 77.4 Å². The molecule has 4 nitrogen and oxygen atoms in total. The van der Waals surface area contributed by atoms with E-state index in [1.807, 2.05) is 13.1 Å². The minimum Gasteiger partial charge on any atom is -0.325 e. The lowest BCUT2D eigenvalue weighted by Gasteiger charge is -2.03. The molecule has 70 valence electrons. The average Bonchev–Trinajstić information content (AvgIpc) is 2.16. The van der Waals surface area contributed by atoms with Crippen LogP contribution >= 0.6 is 0 Å². The number of nitrogens with one attached hydrogen (secondary N) is 2. The fourth-order valence-electron chi connectivity index (χ4n) is 0.899. The molecule has 1 heterocycles. The molecule has 0 bridgehead atoms. The van der Waals surface area contributed by atoms with Crippen LogP contribution in [0.3, 0.4) is 0 Å². The molecule has 0 aromatic carbocycles. The van der Waals surface area contributed by atoms with Gasteiger partial charge in [0.1, 0.15) is 0 Å². The van der Waals surface area contributed by atoms with Crippen LogP contribution in [0.1, 0.15) is 6.42 Å². The van der Waals surface area contributed by atoms with E-state index in [0.29, 0.717) is 13.0 Å². The maximum Gasteiger partial charge on any atom is 0.225 e. The Morgan fingerprint density at radius 3 is 3.08 bits per heavy atom. The van der Waals surface area contributed by atoms with Crippen molar-refractivity contribution in [3.63, 3.8) is 0 Å². The molecule has 0 aliphatic rings. The maximum atomic E-state index is 11.2. The van der Waals surface area contributed by atoms with Gasteiger partial charge in [0.05, 0.1) is 11.9 Å². The van der Waals surface area contributed by atoms with Crippen molar-refractivity contribution in [2.24, 2.45) is 0 Å². The van der Waals surface area contributed by atoms with Gasteiger partial charge in [-0.2, -0.15) is 0 Å². The lowest BCUT2D eigenvalue weighted by Crippen LogP contribution is -2.18. The third-order valence-corrected chi connectivity index (χ3v) is 1.55. The smallest absolute Gasteiger partial charge is 0.225 e. The summed E-state index contributed by atoms with van der Waals surface area (Å²) in [4.78, 5) is 15.1. The molecule has 0 saturated heterocycles. The topological polar surface area (TPSA) is 54.0 Å². The Morgan fingerprint density at radius 1 is 1.62 bits per heavy atom. The number of amides is 1. The highest BCUT2D eigenvalue weighted by molar-refractivity contribution is 5.90. The predicted molar refractivity (Wildman–Crippen MR) is 51.4 cm³/mol. The number of pyridine rings is 1. The minimum absolute atomic E-state index is 0.00218. The molecule has 2 N–H and O–H groups in total. The van der Waals surface area contributed by atoms with Gasteiger partial charge in [-0.15, -0.1) is 0 Å². The minimum atomic E-state index is 0.00218. The summed E-state index contributed by atoms with van der Waals surface area (Å²) in [5, 5.41) is 5.64. The Kier molecular flexibility index (Phi) is 3.92. The molecule has 1 aromatic heterocycles. The van der Waals surface area contributed by atoms with Crippen LogP contribution in [-0.4, -0.2) is 24.5 Å². The standard InChI is InChI=1S/C9H13N3O/c1-10-6-4-9(13)12-8-3-2-5-11-7-8/h2-3,5,7,10H,4,6H2,1H3,(H,12,13). The highest BCUT2D eigenvalue weighted by Gasteiger charge is 1.99. The second-order valence-corrected chi connectivity index (χ2v) is 2.64. The molecule has 0 unspecified atom stereocenters. The molecule has 0 fully saturated rings. The van der Waals surface area contributed by atoms with Gasteiger partial charge in [-0.05, 0) is 19.2 Å². The fourth-order valence-corrected chi connectivity index (χ4v) is 0.899. The van der Waals surface area contributed by atoms with Crippen molar-refractivity contribution in [3.8, 4) is 0 Å². The van der Waals surface area contributed by atoms with Crippen molar-refractivity contribution >= 4 is 11.6 Å². The summed E-state index contributed by atoms with van der Waals surface area (Å²) in [6, 6.07) is 3.60. The highest BCUT2D eigenvalue weighted by atomic mass is 16.1. The van der Waals surface area contributed by atoms with Crippen molar-refractivity contribution in [2.45, 2.75) is 6.42 Å². The second kappa shape index (κ2) is 5.27. The van der Waals surface area contributed by atoms with Gasteiger partial charge >= 0.3 is 0 Å². The largest absolute Gasteiger partial charge is 0.325 e. The van der Waals surface area contributed by atoms with Crippen LogP contribution in [0, 0.1) is 0 Å². The van der Waals surface area contributed by atoms with Gasteiger partial charge in [0.15, 0.2) is 0 Å². The Balaban J connectivity index is 2.37. The van der Waals surface area contributed by atoms with E-state index in [1.54, 1.807) is 18.5 Å². The van der Waals surface area contributed by atoms with Crippen molar-refractivity contribution < 1.29 is 4.79 Å². The number of rotatable bonds is 4. The van der Waals surface area contributed by atoms with E-state index >= 15 is 0 Å². The Hall–Kier alpha value is -1.42. The van der Waals surface area contributed by atoms with Crippen molar-refractivity contribution in [2.75, 3.05) is 18.9 Å². The van der Waals surface area contributed by atoms with E-state index in [4.69, 9.17) is 0 Å². The van der Waals surface area contributed by atoms with Crippen LogP contribution in [0.2, 0.25) is 0 Å². The second-order valence-electron chi connectivity index (χ2n) is 2.64. The van der Waals surface area contributed by atoms with Crippen LogP contribution in [0.5, 0.6) is 0 Å². The third-order valence-electron chi connectivity index (χ3n) is 1.55. The first-order valence-electron chi connectivity index (χ1n) is 4.17. The summed E-state index contributed by atoms with van der Waals surface area (Å²) in [5.41, 5.74) is 0.739. The molecule has 13 heavy (non-hydrogen) atoms. The van der Waals surface area contributed by atoms with Crippen LogP contribution < -0.4 is 10.6 Å². The molecule has 1 amide bonds. The number of carbonyl (C=O) groups is 1. The molecule has 1 rings (SSSR count).